The summed E-state index contributed by atoms with van der Waals surface area (Å²) < 4.78 is 5.35. The van der Waals surface area contributed by atoms with E-state index in [1.807, 2.05) is 43.1 Å². The van der Waals surface area contributed by atoms with Gasteiger partial charge in [-0.15, -0.1) is 0 Å². The van der Waals surface area contributed by atoms with Gasteiger partial charge in [-0.25, -0.2) is 0 Å². The number of benzene rings is 1. The third-order valence-electron chi connectivity index (χ3n) is 6.18. The van der Waals surface area contributed by atoms with E-state index < -0.39 is 5.54 Å². The summed E-state index contributed by atoms with van der Waals surface area (Å²) in [7, 11) is 1.84. The third kappa shape index (κ3) is 3.78. The molecule has 1 aromatic carbocycles. The van der Waals surface area contributed by atoms with Crippen molar-refractivity contribution >= 4 is 11.8 Å². The summed E-state index contributed by atoms with van der Waals surface area (Å²) in [5, 5.41) is 4.05. The Labute approximate surface area is 171 Å². The first kappa shape index (κ1) is 19.6. The molecule has 0 radical (unpaired) electrons. The Hall–Kier alpha value is -2.70. The lowest BCUT2D eigenvalue weighted by molar-refractivity contribution is -0.154. The van der Waals surface area contributed by atoms with E-state index in [1.165, 1.54) is 5.56 Å². The van der Waals surface area contributed by atoms with Crippen LogP contribution in [0.5, 0.6) is 0 Å². The maximum atomic E-state index is 12.9. The van der Waals surface area contributed by atoms with Gasteiger partial charge in [0.2, 0.25) is 23.5 Å². The zero-order valence-corrected chi connectivity index (χ0v) is 17.2. The van der Waals surface area contributed by atoms with Crippen LogP contribution in [0.3, 0.4) is 0 Å². The van der Waals surface area contributed by atoms with Gasteiger partial charge in [0.25, 0.3) is 0 Å². The number of hydrogen-bond acceptors (Lipinski definition) is 5. The van der Waals surface area contributed by atoms with Crippen LogP contribution in [-0.4, -0.2) is 57.4 Å². The number of carbonyl (C=O) groups is 2. The van der Waals surface area contributed by atoms with Gasteiger partial charge in [0, 0.05) is 38.5 Å². The Morgan fingerprint density at radius 1 is 1.17 bits per heavy atom. The maximum Gasteiger partial charge on any atom is 0.248 e. The fraction of sp³-hybridized carbons (Fsp3) is 0.545. The van der Waals surface area contributed by atoms with Crippen molar-refractivity contribution in [3.8, 4) is 11.4 Å². The predicted molar refractivity (Wildman–Crippen MR) is 108 cm³/mol. The summed E-state index contributed by atoms with van der Waals surface area (Å²) in [6.07, 6.45) is 4.99. The normalized spacial score (nSPS) is 21.9. The molecule has 0 bridgehead atoms. The summed E-state index contributed by atoms with van der Waals surface area (Å²) >= 11 is 0. The quantitative estimate of drug-likeness (QED) is 0.776. The van der Waals surface area contributed by atoms with Crippen LogP contribution in [-0.2, 0) is 16.0 Å². The van der Waals surface area contributed by atoms with Crippen molar-refractivity contribution in [2.45, 2.75) is 57.4 Å². The minimum atomic E-state index is -0.604. The van der Waals surface area contributed by atoms with Gasteiger partial charge < -0.3 is 14.3 Å². The number of carbonyl (C=O) groups excluding carboxylic acids is 2. The van der Waals surface area contributed by atoms with Crippen molar-refractivity contribution in [3.05, 3.63) is 35.7 Å². The lowest BCUT2D eigenvalue weighted by Crippen LogP contribution is -2.60. The molecule has 29 heavy (non-hydrogen) atoms. The van der Waals surface area contributed by atoms with E-state index in [0.29, 0.717) is 37.5 Å². The van der Waals surface area contributed by atoms with Gasteiger partial charge in [-0.2, -0.15) is 4.98 Å². The summed E-state index contributed by atoms with van der Waals surface area (Å²) in [5.41, 5.74) is 1.49. The van der Waals surface area contributed by atoms with E-state index >= 15 is 0 Å². The summed E-state index contributed by atoms with van der Waals surface area (Å²) in [5.74, 6) is 1.28. The molecule has 2 saturated heterocycles. The number of rotatable bonds is 5. The molecule has 7 heteroatoms. The molecule has 2 aliphatic heterocycles. The lowest BCUT2D eigenvalue weighted by atomic mass is 9.85. The van der Waals surface area contributed by atoms with Crippen molar-refractivity contribution in [2.75, 3.05) is 20.1 Å². The Morgan fingerprint density at radius 2 is 1.90 bits per heavy atom. The average Bonchev–Trinajstić information content (AvgIpc) is 3.35. The van der Waals surface area contributed by atoms with Gasteiger partial charge in [-0.1, -0.05) is 35.0 Å². The second-order valence-corrected chi connectivity index (χ2v) is 8.24. The van der Waals surface area contributed by atoms with Gasteiger partial charge in [0.1, 0.15) is 5.54 Å². The highest BCUT2D eigenvalue weighted by Crippen LogP contribution is 2.38. The van der Waals surface area contributed by atoms with Crippen LogP contribution in [0.15, 0.2) is 28.8 Å². The van der Waals surface area contributed by atoms with Crippen molar-refractivity contribution in [2.24, 2.45) is 0 Å². The molecule has 7 nitrogen and oxygen atoms in total. The van der Waals surface area contributed by atoms with Gasteiger partial charge in [0.15, 0.2) is 0 Å². The first-order valence-electron chi connectivity index (χ1n) is 10.5. The number of piperidine rings is 1. The Kier molecular flexibility index (Phi) is 5.39. The molecule has 154 valence electrons. The number of amides is 2. The number of nitrogens with zero attached hydrogens (tertiary/aromatic N) is 4. The smallest absolute Gasteiger partial charge is 0.248 e. The Morgan fingerprint density at radius 3 is 2.66 bits per heavy atom. The maximum absolute atomic E-state index is 12.9. The summed E-state index contributed by atoms with van der Waals surface area (Å²) in [4.78, 5) is 33.8. The van der Waals surface area contributed by atoms with Crippen molar-refractivity contribution < 1.29 is 14.1 Å². The number of likely N-dealkylation sites (N-methyl/N-ethyl adjacent to an activating group) is 1. The van der Waals surface area contributed by atoms with E-state index in [1.54, 1.807) is 4.90 Å². The van der Waals surface area contributed by atoms with Crippen molar-refractivity contribution in [1.29, 1.82) is 0 Å². The molecule has 2 fully saturated rings. The molecule has 1 unspecified atom stereocenters. The molecule has 4 rings (SSSR count). The van der Waals surface area contributed by atoms with Crippen LogP contribution in [0.4, 0.5) is 0 Å². The summed E-state index contributed by atoms with van der Waals surface area (Å²) in [6.45, 7) is 3.49. The van der Waals surface area contributed by atoms with E-state index in [9.17, 15) is 9.59 Å². The van der Waals surface area contributed by atoms with Crippen molar-refractivity contribution in [1.82, 2.24) is 19.9 Å². The molecule has 1 spiro atoms. The zero-order chi connectivity index (χ0) is 20.4. The Bertz CT molecular complexity index is 892. The monoisotopic (exact) mass is 396 g/mol. The second-order valence-electron chi connectivity index (χ2n) is 8.24. The topological polar surface area (TPSA) is 79.5 Å². The highest BCUT2D eigenvalue weighted by atomic mass is 16.5. The zero-order valence-electron chi connectivity index (χ0n) is 17.2. The molecular formula is C22H28N4O3. The summed E-state index contributed by atoms with van der Waals surface area (Å²) in [6, 6.07) is 7.97. The van der Waals surface area contributed by atoms with Crippen LogP contribution in [0.1, 0.15) is 50.0 Å². The number of likely N-dealkylation sites (tertiary alicyclic amines) is 2. The molecule has 0 N–H and O–H groups in total. The molecular weight excluding hydrogens is 368 g/mol. The molecule has 0 saturated carbocycles. The van der Waals surface area contributed by atoms with E-state index in [-0.39, 0.29) is 11.8 Å². The largest absolute Gasteiger partial charge is 0.344 e. The molecule has 1 atom stereocenters. The number of aryl methyl sites for hydroxylation is 2. The average molecular weight is 396 g/mol. The van der Waals surface area contributed by atoms with Crippen LogP contribution >= 0.6 is 0 Å². The fourth-order valence-electron chi connectivity index (χ4n) is 4.60. The third-order valence-corrected chi connectivity index (χ3v) is 6.18. The minimum Gasteiger partial charge on any atom is -0.344 e. The van der Waals surface area contributed by atoms with Crippen LogP contribution in [0.25, 0.3) is 11.4 Å². The highest BCUT2D eigenvalue weighted by Gasteiger charge is 2.51. The standard InChI is InChI=1S/C22H28N4O3/c1-16-8-10-17(11-9-16)20-23-18(29-24-20)6-3-7-19(27)26-15-5-13-22(26)12-4-14-25(2)21(22)28/h8-11H,3-7,12-15H2,1-2H3. The molecule has 2 amide bonds. The molecule has 1 aromatic heterocycles. The molecule has 2 aromatic rings. The van der Waals surface area contributed by atoms with Gasteiger partial charge >= 0.3 is 0 Å². The minimum absolute atomic E-state index is 0.0597. The van der Waals surface area contributed by atoms with Gasteiger partial charge in [0.05, 0.1) is 0 Å². The van der Waals surface area contributed by atoms with Crippen LogP contribution in [0, 0.1) is 6.92 Å². The predicted octanol–water partition coefficient (Wildman–Crippen LogP) is 2.98. The second kappa shape index (κ2) is 7.97. The molecule has 0 aliphatic carbocycles. The molecule has 3 heterocycles. The first-order chi connectivity index (χ1) is 14.0. The van der Waals surface area contributed by atoms with Crippen LogP contribution in [0.2, 0.25) is 0 Å². The Balaban J connectivity index is 1.34. The SMILES string of the molecule is Cc1ccc(-c2noc(CCCC(=O)N3CCCC34CCCN(C)C4=O)n2)cc1. The van der Waals surface area contributed by atoms with Crippen LogP contribution < -0.4 is 0 Å². The van der Waals surface area contributed by atoms with Gasteiger partial charge in [-0.05, 0) is 39.0 Å². The molecule has 2 aliphatic rings. The van der Waals surface area contributed by atoms with Gasteiger partial charge in [-0.3, -0.25) is 9.59 Å². The van der Waals surface area contributed by atoms with E-state index in [4.69, 9.17) is 4.52 Å². The van der Waals surface area contributed by atoms with E-state index in [0.717, 1.165) is 37.8 Å². The number of aromatic nitrogens is 2. The van der Waals surface area contributed by atoms with Crippen molar-refractivity contribution in [3.63, 3.8) is 0 Å². The highest BCUT2D eigenvalue weighted by molar-refractivity contribution is 5.92. The lowest BCUT2D eigenvalue weighted by Gasteiger charge is -2.43. The number of hydrogen-bond donors (Lipinski definition) is 0. The first-order valence-corrected chi connectivity index (χ1v) is 10.5. The fourth-order valence-corrected chi connectivity index (χ4v) is 4.60. The van der Waals surface area contributed by atoms with E-state index in [2.05, 4.69) is 10.1 Å².